The van der Waals surface area contributed by atoms with Gasteiger partial charge in [0.25, 0.3) is 0 Å². The summed E-state index contributed by atoms with van der Waals surface area (Å²) in [6, 6.07) is 0. The van der Waals surface area contributed by atoms with Crippen LogP contribution in [0.5, 0.6) is 0 Å². The second kappa shape index (κ2) is 5.12. The number of allylic oxidation sites excluding steroid dienone is 3. The number of nitrogens with one attached hydrogen (secondary N) is 1. The van der Waals surface area contributed by atoms with Gasteiger partial charge in [-0.15, -0.1) is 9.24 Å². The van der Waals surface area contributed by atoms with Crippen LogP contribution in [0, 0.1) is 5.41 Å². The predicted molar refractivity (Wildman–Crippen MR) is 78.4 cm³/mol. The molecular formula is C14H23N2P. The van der Waals surface area contributed by atoms with Crippen LogP contribution in [0.15, 0.2) is 39.7 Å². The van der Waals surface area contributed by atoms with Gasteiger partial charge in [-0.25, -0.2) is 0 Å². The molecule has 0 aromatic heterocycles. The lowest BCUT2D eigenvalue weighted by Gasteiger charge is -2.22. The van der Waals surface area contributed by atoms with E-state index < -0.39 is 0 Å². The molecule has 0 saturated carbocycles. The molecule has 0 aromatic rings. The minimum atomic E-state index is 0.226. The normalized spacial score (nSPS) is 17.2. The van der Waals surface area contributed by atoms with Gasteiger partial charge in [-0.05, 0) is 41.8 Å². The third-order valence-corrected chi connectivity index (χ3v) is 3.60. The van der Waals surface area contributed by atoms with E-state index in [1.54, 1.807) is 0 Å². The summed E-state index contributed by atoms with van der Waals surface area (Å²) in [5.41, 5.74) is 13.4. The van der Waals surface area contributed by atoms with Crippen molar-refractivity contribution in [2.75, 3.05) is 6.54 Å². The van der Waals surface area contributed by atoms with Crippen molar-refractivity contribution < 1.29 is 0 Å². The van der Waals surface area contributed by atoms with Gasteiger partial charge in [0.05, 0.1) is 11.4 Å². The summed E-state index contributed by atoms with van der Waals surface area (Å²) < 4.78 is 0. The first-order chi connectivity index (χ1) is 7.72. The van der Waals surface area contributed by atoms with Crippen LogP contribution in [0.4, 0.5) is 0 Å². The van der Waals surface area contributed by atoms with Crippen molar-refractivity contribution in [3.05, 3.63) is 39.7 Å². The van der Waals surface area contributed by atoms with Crippen LogP contribution < -0.4 is 11.1 Å². The molecule has 0 aromatic carbocycles. The fourth-order valence-corrected chi connectivity index (χ4v) is 1.78. The minimum Gasteiger partial charge on any atom is -0.391 e. The van der Waals surface area contributed by atoms with E-state index in [0.717, 1.165) is 12.2 Å². The predicted octanol–water partition coefficient (Wildman–Crippen LogP) is 3.06. The lowest BCUT2D eigenvalue weighted by Crippen LogP contribution is -2.29. The molecule has 2 nitrogen and oxygen atoms in total. The third-order valence-electron chi connectivity index (χ3n) is 2.71. The molecule has 0 heterocycles. The first-order valence-corrected chi connectivity index (χ1v) is 6.44. The molecular weight excluding hydrogens is 227 g/mol. The Balaban J connectivity index is 3.07. The topological polar surface area (TPSA) is 38.0 Å². The number of hydrogen-bond acceptors (Lipinski definition) is 2. The second-order valence-corrected chi connectivity index (χ2v) is 6.29. The van der Waals surface area contributed by atoms with E-state index in [-0.39, 0.29) is 5.41 Å². The van der Waals surface area contributed by atoms with E-state index >= 15 is 0 Å². The van der Waals surface area contributed by atoms with Crippen molar-refractivity contribution in [3.8, 4) is 0 Å². The van der Waals surface area contributed by atoms with Gasteiger partial charge in [0.15, 0.2) is 0 Å². The molecule has 94 valence electrons. The standard InChI is InChI=1S/C14H23N2P/c1-9-6-7-11(15)12(10(2)13(9)17)16-8-14(3,4)5/h6,16H,8,15,17H2,1-5H3. The van der Waals surface area contributed by atoms with Crippen molar-refractivity contribution >= 4 is 9.24 Å². The summed E-state index contributed by atoms with van der Waals surface area (Å²) in [5, 5.41) is 4.63. The molecule has 0 aliphatic heterocycles. The summed E-state index contributed by atoms with van der Waals surface area (Å²) in [6.45, 7) is 11.6. The highest BCUT2D eigenvalue weighted by molar-refractivity contribution is 7.23. The average Bonchev–Trinajstić information content (AvgIpc) is 2.29. The molecule has 1 atom stereocenters. The highest BCUT2D eigenvalue weighted by atomic mass is 31.0. The fraction of sp³-hybridized carbons (Fsp3) is 0.500. The Bertz CT molecular complexity index is 441. The lowest BCUT2D eigenvalue weighted by atomic mass is 9.96. The molecule has 3 N–H and O–H groups in total. The zero-order chi connectivity index (χ0) is 13.2. The molecule has 0 fully saturated rings. The van der Waals surface area contributed by atoms with Crippen LogP contribution in [-0.2, 0) is 0 Å². The van der Waals surface area contributed by atoms with Gasteiger partial charge < -0.3 is 11.1 Å². The van der Waals surface area contributed by atoms with Crippen LogP contribution in [0.1, 0.15) is 34.6 Å². The van der Waals surface area contributed by atoms with Crippen molar-refractivity contribution in [3.63, 3.8) is 0 Å². The van der Waals surface area contributed by atoms with E-state index in [2.05, 4.69) is 54.9 Å². The number of nitrogens with two attached hydrogens (primary N) is 1. The highest BCUT2D eigenvalue weighted by Crippen LogP contribution is 2.28. The van der Waals surface area contributed by atoms with Crippen molar-refractivity contribution in [1.29, 1.82) is 0 Å². The van der Waals surface area contributed by atoms with Gasteiger partial charge in [0, 0.05) is 6.54 Å². The molecule has 17 heavy (non-hydrogen) atoms. The minimum absolute atomic E-state index is 0.226. The molecule has 0 amide bonds. The molecule has 0 spiro atoms. The van der Waals surface area contributed by atoms with Gasteiger partial charge in [-0.2, -0.15) is 0 Å². The maximum absolute atomic E-state index is 6.04. The summed E-state index contributed by atoms with van der Waals surface area (Å²) in [5.74, 6) is 0. The quantitative estimate of drug-likeness (QED) is 0.584. The summed E-state index contributed by atoms with van der Waals surface area (Å²) in [7, 11) is 2.78. The van der Waals surface area contributed by atoms with Crippen LogP contribution >= 0.6 is 9.24 Å². The van der Waals surface area contributed by atoms with Gasteiger partial charge in [0.2, 0.25) is 0 Å². The van der Waals surface area contributed by atoms with E-state index in [4.69, 9.17) is 5.73 Å². The van der Waals surface area contributed by atoms with Crippen molar-refractivity contribution in [2.45, 2.75) is 34.6 Å². The van der Waals surface area contributed by atoms with Crippen molar-refractivity contribution in [2.24, 2.45) is 11.1 Å². The Hall–Kier alpha value is -0.970. The zero-order valence-corrected chi connectivity index (χ0v) is 12.6. The van der Waals surface area contributed by atoms with E-state index in [1.165, 1.54) is 16.5 Å². The average molecular weight is 250 g/mol. The first kappa shape index (κ1) is 14.1. The second-order valence-electron chi connectivity index (χ2n) is 5.71. The Morgan fingerprint density at radius 2 is 1.94 bits per heavy atom. The van der Waals surface area contributed by atoms with Crippen LogP contribution in [0.25, 0.3) is 0 Å². The number of rotatable bonds is 2. The zero-order valence-electron chi connectivity index (χ0n) is 11.4. The van der Waals surface area contributed by atoms with E-state index in [9.17, 15) is 0 Å². The fourth-order valence-electron chi connectivity index (χ4n) is 1.55. The molecule has 1 aliphatic rings. The Morgan fingerprint density at radius 1 is 1.35 bits per heavy atom. The SMILES string of the molecule is CC1=C(P)C(C)=C(NCC(C)(C)C)C(N)=C=C1. The molecule has 0 radical (unpaired) electrons. The molecule has 1 rings (SSSR count). The van der Waals surface area contributed by atoms with Crippen molar-refractivity contribution in [1.82, 2.24) is 5.32 Å². The first-order valence-electron chi connectivity index (χ1n) is 5.86. The van der Waals surface area contributed by atoms with Gasteiger partial charge >= 0.3 is 0 Å². The highest BCUT2D eigenvalue weighted by Gasteiger charge is 2.15. The third kappa shape index (κ3) is 3.77. The number of hydrogen-bond donors (Lipinski definition) is 2. The molecule has 0 bridgehead atoms. The Kier molecular flexibility index (Phi) is 4.25. The van der Waals surface area contributed by atoms with Crippen LogP contribution in [0.2, 0.25) is 0 Å². The molecule has 1 unspecified atom stereocenters. The van der Waals surface area contributed by atoms with Gasteiger partial charge in [-0.1, -0.05) is 26.5 Å². The van der Waals surface area contributed by atoms with E-state index in [0.29, 0.717) is 5.70 Å². The molecule has 1 aliphatic carbocycles. The molecule has 3 heteroatoms. The summed E-state index contributed by atoms with van der Waals surface area (Å²) in [6.07, 6.45) is 1.94. The Labute approximate surface area is 107 Å². The summed E-state index contributed by atoms with van der Waals surface area (Å²) in [4.78, 5) is 0. The lowest BCUT2D eigenvalue weighted by molar-refractivity contribution is 0.397. The van der Waals surface area contributed by atoms with Crippen LogP contribution in [0.3, 0.4) is 0 Å². The van der Waals surface area contributed by atoms with Crippen LogP contribution in [-0.4, -0.2) is 6.54 Å². The smallest absolute Gasteiger partial charge is 0.0986 e. The van der Waals surface area contributed by atoms with E-state index in [1.807, 2.05) is 6.08 Å². The summed E-state index contributed by atoms with van der Waals surface area (Å²) >= 11 is 0. The largest absolute Gasteiger partial charge is 0.391 e. The maximum atomic E-state index is 6.04. The van der Waals surface area contributed by atoms with Gasteiger partial charge in [-0.3, -0.25) is 0 Å². The van der Waals surface area contributed by atoms with Gasteiger partial charge in [0.1, 0.15) is 0 Å². The monoisotopic (exact) mass is 250 g/mol. The Morgan fingerprint density at radius 3 is 2.47 bits per heavy atom. The molecule has 0 saturated heterocycles. The maximum Gasteiger partial charge on any atom is 0.0986 e.